The molecule has 0 saturated heterocycles. The zero-order chi connectivity index (χ0) is 21.1. The number of ketones is 1. The lowest BCUT2D eigenvalue weighted by Crippen LogP contribution is -2.41. The molecule has 0 bridgehead atoms. The summed E-state index contributed by atoms with van der Waals surface area (Å²) in [5.74, 6) is -1.86. The summed E-state index contributed by atoms with van der Waals surface area (Å²) in [7, 11) is 0. The Morgan fingerprint density at radius 3 is 2.17 bits per heavy atom. The monoisotopic (exact) mass is 410 g/mol. The fourth-order valence-corrected chi connectivity index (χ4v) is 5.18. The second kappa shape index (κ2) is 7.99. The quantitative estimate of drug-likeness (QED) is 0.450. The molecule has 1 N–H and O–H groups in total. The molecular weight excluding hydrogens is 392 g/mol. The first-order valence-electron chi connectivity index (χ1n) is 9.55. The van der Waals surface area contributed by atoms with Gasteiger partial charge < -0.3 is 5.11 Å². The molecule has 30 heavy (non-hydrogen) atoms. The minimum Gasteiger partial charge on any atom is -0.507 e. The van der Waals surface area contributed by atoms with Crippen molar-refractivity contribution in [3.63, 3.8) is 0 Å². The summed E-state index contributed by atoms with van der Waals surface area (Å²) < 4.78 is 0. The first-order valence-corrected chi connectivity index (χ1v) is 10.4. The van der Waals surface area contributed by atoms with E-state index >= 15 is 0 Å². The third-order valence-electron chi connectivity index (χ3n) is 5.69. The third-order valence-corrected chi connectivity index (χ3v) is 6.62. The second-order valence-corrected chi connectivity index (χ2v) is 8.24. The Morgan fingerprint density at radius 2 is 1.60 bits per heavy atom. The fraction of sp³-hybridized carbons (Fsp3) is 0.160. The zero-order valence-electron chi connectivity index (χ0n) is 16.0. The first-order chi connectivity index (χ1) is 14.6. The summed E-state index contributed by atoms with van der Waals surface area (Å²) in [6.07, 6.45) is -0.0146. The van der Waals surface area contributed by atoms with Gasteiger partial charge in [0.05, 0.1) is 18.1 Å². The number of hydrogen-bond donors (Lipinski definition) is 1. The van der Waals surface area contributed by atoms with Crippen LogP contribution in [0.1, 0.15) is 34.3 Å². The van der Waals surface area contributed by atoms with Crippen LogP contribution in [0, 0.1) is 28.1 Å². The summed E-state index contributed by atoms with van der Waals surface area (Å²) in [4.78, 5) is 14.1. The van der Waals surface area contributed by atoms with Crippen molar-refractivity contribution < 1.29 is 9.90 Å². The molecule has 0 amide bonds. The number of Topliss-reactive ketones (excluding diaryl/α,β-unsaturated/α-hetero) is 1. The van der Waals surface area contributed by atoms with Crippen LogP contribution in [0.5, 0.6) is 0 Å². The van der Waals surface area contributed by atoms with Crippen molar-refractivity contribution in [2.45, 2.75) is 18.3 Å². The van der Waals surface area contributed by atoms with Crippen molar-refractivity contribution in [3.8, 4) is 12.1 Å². The number of rotatable bonds is 3. The van der Waals surface area contributed by atoms with Gasteiger partial charge in [-0.1, -0.05) is 66.7 Å². The summed E-state index contributed by atoms with van der Waals surface area (Å²) in [6, 6.07) is 26.2. The summed E-state index contributed by atoms with van der Waals surface area (Å²) >= 11 is 1.38. The molecule has 1 heterocycles. The van der Waals surface area contributed by atoms with Crippen molar-refractivity contribution in [1.82, 2.24) is 0 Å². The van der Waals surface area contributed by atoms with Crippen LogP contribution in [-0.2, 0) is 4.79 Å². The minimum atomic E-state index is -1.53. The van der Waals surface area contributed by atoms with Gasteiger partial charge in [-0.05, 0) is 17.0 Å². The molecule has 1 aliphatic carbocycles. The van der Waals surface area contributed by atoms with Crippen molar-refractivity contribution in [2.75, 3.05) is 0 Å². The number of carbonyl (C=O) groups excluding carboxylic acids is 1. The highest BCUT2D eigenvalue weighted by Crippen LogP contribution is 2.57. The molecule has 5 heteroatoms. The standard InChI is InChI=1S/C25H18N2O2S/c26-15-25(16-27)19(17-8-3-1-4-9-17)14-20(28)22(23(25)21-12-7-13-30-21)24(29)18-10-5-2-6-11-18/h1-13,19,23,29H,14H2/b24-22-/t19-,23+/m1/s1. The van der Waals surface area contributed by atoms with Crippen molar-refractivity contribution in [3.05, 3.63) is 99.8 Å². The molecule has 2 atom stereocenters. The molecule has 4 rings (SSSR count). The number of thiophene rings is 1. The Hall–Kier alpha value is -3.67. The Labute approximate surface area is 179 Å². The van der Waals surface area contributed by atoms with Crippen LogP contribution >= 0.6 is 11.3 Å². The van der Waals surface area contributed by atoms with E-state index in [0.29, 0.717) is 10.4 Å². The Morgan fingerprint density at radius 1 is 0.967 bits per heavy atom. The Balaban J connectivity index is 2.00. The molecular formula is C25H18N2O2S. The lowest BCUT2D eigenvalue weighted by molar-refractivity contribution is -0.118. The predicted molar refractivity (Wildman–Crippen MR) is 116 cm³/mol. The second-order valence-electron chi connectivity index (χ2n) is 7.26. The highest BCUT2D eigenvalue weighted by atomic mass is 32.1. The van der Waals surface area contributed by atoms with E-state index in [1.54, 1.807) is 24.3 Å². The van der Waals surface area contributed by atoms with E-state index in [9.17, 15) is 20.4 Å². The minimum absolute atomic E-state index is 0.0146. The maximum Gasteiger partial charge on any atom is 0.164 e. The molecule has 2 aromatic carbocycles. The van der Waals surface area contributed by atoms with Gasteiger partial charge >= 0.3 is 0 Å². The molecule has 3 aromatic rings. The largest absolute Gasteiger partial charge is 0.507 e. The number of carbonyl (C=O) groups is 1. The summed E-state index contributed by atoms with van der Waals surface area (Å²) in [5, 5.41) is 33.6. The predicted octanol–water partition coefficient (Wildman–Crippen LogP) is 5.59. The van der Waals surface area contributed by atoms with Crippen LogP contribution in [0.3, 0.4) is 0 Å². The van der Waals surface area contributed by atoms with Crippen molar-refractivity contribution >= 4 is 22.9 Å². The Kier molecular flexibility index (Phi) is 5.23. The lowest BCUT2D eigenvalue weighted by Gasteiger charge is -2.41. The third kappa shape index (κ3) is 3.10. The highest BCUT2D eigenvalue weighted by Gasteiger charge is 2.56. The van der Waals surface area contributed by atoms with Crippen molar-refractivity contribution in [1.29, 1.82) is 10.5 Å². The van der Waals surface area contributed by atoms with Gasteiger partial charge in [0, 0.05) is 28.4 Å². The number of benzene rings is 2. The summed E-state index contributed by atoms with van der Waals surface area (Å²) in [6.45, 7) is 0. The molecule has 0 unspecified atom stereocenters. The number of nitrogens with zero attached hydrogens (tertiary/aromatic N) is 2. The SMILES string of the molecule is N#CC1(C#N)[C@@H](c2ccccc2)CC(=O)/C(=C(/O)c2ccccc2)[C@@H]1c1cccs1. The first kappa shape index (κ1) is 19.6. The molecule has 146 valence electrons. The van der Waals surface area contributed by atoms with E-state index in [2.05, 4.69) is 12.1 Å². The number of nitriles is 2. The highest BCUT2D eigenvalue weighted by molar-refractivity contribution is 7.10. The molecule has 4 nitrogen and oxygen atoms in total. The number of aliphatic hydroxyl groups is 1. The average Bonchev–Trinajstić information content (AvgIpc) is 3.33. The van der Waals surface area contributed by atoms with Crippen LogP contribution in [0.25, 0.3) is 5.76 Å². The van der Waals surface area contributed by atoms with Crippen LogP contribution < -0.4 is 0 Å². The van der Waals surface area contributed by atoms with E-state index in [1.165, 1.54) is 11.3 Å². The van der Waals surface area contributed by atoms with Crippen LogP contribution in [0.15, 0.2) is 83.7 Å². The van der Waals surface area contributed by atoms with Crippen LogP contribution in [0.2, 0.25) is 0 Å². The van der Waals surface area contributed by atoms with Gasteiger partial charge in [0.15, 0.2) is 11.2 Å². The topological polar surface area (TPSA) is 84.9 Å². The van der Waals surface area contributed by atoms with Gasteiger partial charge in [0.25, 0.3) is 0 Å². The van der Waals surface area contributed by atoms with E-state index in [4.69, 9.17) is 0 Å². The maximum atomic E-state index is 13.4. The van der Waals surface area contributed by atoms with E-state index in [-0.39, 0.29) is 23.5 Å². The van der Waals surface area contributed by atoms with Gasteiger partial charge in [0.1, 0.15) is 5.76 Å². The van der Waals surface area contributed by atoms with E-state index in [1.807, 2.05) is 53.9 Å². The Bertz CT molecular complexity index is 1160. The molecule has 1 fully saturated rings. The van der Waals surface area contributed by atoms with E-state index in [0.717, 1.165) is 5.56 Å². The molecule has 0 aliphatic heterocycles. The van der Waals surface area contributed by atoms with Crippen molar-refractivity contribution in [2.24, 2.45) is 5.41 Å². The maximum absolute atomic E-state index is 13.4. The smallest absolute Gasteiger partial charge is 0.164 e. The van der Waals surface area contributed by atoms with E-state index < -0.39 is 17.3 Å². The van der Waals surface area contributed by atoms with Gasteiger partial charge in [-0.2, -0.15) is 10.5 Å². The van der Waals surface area contributed by atoms with Crippen LogP contribution in [0.4, 0.5) is 0 Å². The van der Waals surface area contributed by atoms with Gasteiger partial charge in [0.2, 0.25) is 0 Å². The number of hydrogen-bond acceptors (Lipinski definition) is 5. The molecule has 1 aliphatic rings. The molecule has 0 spiro atoms. The number of allylic oxidation sites excluding steroid dienone is 1. The summed E-state index contributed by atoms with van der Waals surface area (Å²) in [5.41, 5.74) is -0.129. The van der Waals surface area contributed by atoms with Crippen LogP contribution in [-0.4, -0.2) is 10.9 Å². The van der Waals surface area contributed by atoms with Gasteiger partial charge in [-0.3, -0.25) is 4.79 Å². The van der Waals surface area contributed by atoms with Gasteiger partial charge in [-0.15, -0.1) is 11.3 Å². The molecule has 1 saturated carbocycles. The zero-order valence-corrected chi connectivity index (χ0v) is 16.8. The van der Waals surface area contributed by atoms with Gasteiger partial charge in [-0.25, -0.2) is 0 Å². The normalized spacial score (nSPS) is 22.0. The fourth-order valence-electron chi connectivity index (χ4n) is 4.26. The number of aliphatic hydroxyl groups excluding tert-OH is 1. The molecule has 1 aromatic heterocycles. The lowest BCUT2D eigenvalue weighted by atomic mass is 9.56. The molecule has 0 radical (unpaired) electrons. The average molecular weight is 410 g/mol.